The van der Waals surface area contributed by atoms with E-state index in [0.717, 1.165) is 12.8 Å². The second-order valence-electron chi connectivity index (χ2n) is 6.09. The fourth-order valence-corrected chi connectivity index (χ4v) is 3.96. The predicted molar refractivity (Wildman–Crippen MR) is 78.3 cm³/mol. The number of carbonyl (C=O) groups excluding carboxylic acids is 1. The summed E-state index contributed by atoms with van der Waals surface area (Å²) in [5.41, 5.74) is 5.49. The van der Waals surface area contributed by atoms with Crippen molar-refractivity contribution in [2.24, 2.45) is 17.6 Å². The summed E-state index contributed by atoms with van der Waals surface area (Å²) in [6.45, 7) is 6.30. The van der Waals surface area contributed by atoms with Crippen LogP contribution in [0.15, 0.2) is 0 Å². The van der Waals surface area contributed by atoms with Crippen LogP contribution < -0.4 is 5.73 Å². The maximum atomic E-state index is 12.1. The molecule has 1 saturated carbocycles. The van der Waals surface area contributed by atoms with Gasteiger partial charge in [-0.05, 0) is 44.8 Å². The minimum Gasteiger partial charge on any atom is -0.480 e. The van der Waals surface area contributed by atoms with Gasteiger partial charge in [0, 0.05) is 17.1 Å². The molecule has 0 bridgehead atoms. The van der Waals surface area contributed by atoms with Crippen LogP contribution in [-0.4, -0.2) is 33.4 Å². The van der Waals surface area contributed by atoms with E-state index in [1.807, 2.05) is 0 Å². The molecule has 1 rings (SSSR count). The van der Waals surface area contributed by atoms with Crippen LogP contribution in [-0.2, 0) is 9.59 Å². The molecule has 0 aromatic rings. The van der Waals surface area contributed by atoms with E-state index in [4.69, 9.17) is 10.8 Å². The van der Waals surface area contributed by atoms with Crippen LogP contribution in [0.2, 0.25) is 0 Å². The highest BCUT2D eigenvalue weighted by molar-refractivity contribution is 8.00. The third-order valence-corrected chi connectivity index (χ3v) is 5.41. The van der Waals surface area contributed by atoms with Crippen molar-refractivity contribution in [2.45, 2.75) is 57.2 Å². The number of Topliss-reactive ketones (excluding diaryl/α,β-unsaturated/α-hetero) is 1. The number of carbonyl (C=O) groups is 2. The highest BCUT2D eigenvalue weighted by Gasteiger charge is 2.38. The molecule has 19 heavy (non-hydrogen) atoms. The zero-order chi connectivity index (χ0) is 14.6. The summed E-state index contributed by atoms with van der Waals surface area (Å²) in [5.74, 6) is 0.680. The van der Waals surface area contributed by atoms with Crippen LogP contribution in [0.5, 0.6) is 0 Å². The number of rotatable bonds is 6. The van der Waals surface area contributed by atoms with Gasteiger partial charge in [-0.15, -0.1) is 0 Å². The van der Waals surface area contributed by atoms with E-state index in [0.29, 0.717) is 30.3 Å². The molecule has 5 heteroatoms. The van der Waals surface area contributed by atoms with Gasteiger partial charge in [-0.3, -0.25) is 9.59 Å². The molecular weight excluding hydrogens is 262 g/mol. The molecule has 0 heterocycles. The number of hydrogen-bond donors (Lipinski definition) is 2. The lowest BCUT2D eigenvalue weighted by Gasteiger charge is -2.37. The summed E-state index contributed by atoms with van der Waals surface area (Å²) in [6.07, 6.45) is 3.18. The second kappa shape index (κ2) is 6.75. The Bertz CT molecular complexity index is 344. The molecule has 1 aliphatic carbocycles. The largest absolute Gasteiger partial charge is 0.480 e. The Kier molecular flexibility index (Phi) is 5.86. The molecule has 0 aromatic carbocycles. The predicted octanol–water partition coefficient (Wildman–Crippen LogP) is 2.31. The molecule has 1 fully saturated rings. The molecule has 0 radical (unpaired) electrons. The van der Waals surface area contributed by atoms with E-state index in [9.17, 15) is 9.59 Å². The van der Waals surface area contributed by atoms with Crippen molar-refractivity contribution in [2.75, 3.05) is 5.75 Å². The summed E-state index contributed by atoms with van der Waals surface area (Å²) < 4.78 is -0.130. The first-order valence-corrected chi connectivity index (χ1v) is 7.87. The van der Waals surface area contributed by atoms with Crippen molar-refractivity contribution in [1.82, 2.24) is 0 Å². The van der Waals surface area contributed by atoms with Crippen LogP contribution in [0, 0.1) is 11.8 Å². The molecule has 0 spiro atoms. The van der Waals surface area contributed by atoms with Crippen molar-refractivity contribution < 1.29 is 14.7 Å². The van der Waals surface area contributed by atoms with Gasteiger partial charge in [-0.25, -0.2) is 0 Å². The van der Waals surface area contributed by atoms with E-state index in [2.05, 4.69) is 20.8 Å². The Morgan fingerprint density at radius 1 is 1.53 bits per heavy atom. The van der Waals surface area contributed by atoms with E-state index >= 15 is 0 Å². The lowest BCUT2D eigenvalue weighted by molar-refractivity contribution is -0.138. The highest BCUT2D eigenvalue weighted by Crippen LogP contribution is 2.40. The summed E-state index contributed by atoms with van der Waals surface area (Å²) in [5, 5.41) is 8.74. The average Bonchev–Trinajstić information content (AvgIpc) is 2.27. The average molecular weight is 287 g/mol. The fraction of sp³-hybridized carbons (Fsp3) is 0.857. The first-order valence-electron chi connectivity index (χ1n) is 6.89. The number of ketones is 1. The van der Waals surface area contributed by atoms with Gasteiger partial charge >= 0.3 is 5.97 Å². The van der Waals surface area contributed by atoms with Gasteiger partial charge < -0.3 is 10.8 Å². The smallest absolute Gasteiger partial charge is 0.320 e. The van der Waals surface area contributed by atoms with Gasteiger partial charge in [0.15, 0.2) is 0 Å². The Balaban J connectivity index is 2.47. The number of thioether (sulfide) groups is 1. The number of carboxylic acids is 1. The number of nitrogens with two attached hydrogens (primary N) is 1. The van der Waals surface area contributed by atoms with Crippen LogP contribution >= 0.6 is 11.8 Å². The monoisotopic (exact) mass is 287 g/mol. The molecule has 3 N–H and O–H groups in total. The zero-order valence-corrected chi connectivity index (χ0v) is 12.8. The van der Waals surface area contributed by atoms with Crippen molar-refractivity contribution in [3.8, 4) is 0 Å². The molecule has 4 nitrogen and oxygen atoms in total. The lowest BCUT2D eigenvalue weighted by atomic mass is 9.76. The molecule has 0 amide bonds. The maximum Gasteiger partial charge on any atom is 0.320 e. The number of carboxylic acid groups (broad SMARTS) is 1. The van der Waals surface area contributed by atoms with Crippen molar-refractivity contribution in [3.05, 3.63) is 0 Å². The third-order valence-electron chi connectivity index (χ3n) is 3.95. The van der Waals surface area contributed by atoms with Crippen LogP contribution in [0.3, 0.4) is 0 Å². The van der Waals surface area contributed by atoms with Gasteiger partial charge in [0.1, 0.15) is 11.8 Å². The van der Waals surface area contributed by atoms with E-state index in [-0.39, 0.29) is 10.7 Å². The Morgan fingerprint density at radius 2 is 2.16 bits per heavy atom. The summed E-state index contributed by atoms with van der Waals surface area (Å²) >= 11 is 1.67. The third kappa shape index (κ3) is 4.80. The first-order chi connectivity index (χ1) is 8.74. The highest BCUT2D eigenvalue weighted by atomic mass is 32.2. The molecule has 1 unspecified atom stereocenters. The molecule has 3 atom stereocenters. The minimum atomic E-state index is -0.957. The van der Waals surface area contributed by atoms with Gasteiger partial charge in [0.2, 0.25) is 0 Å². The van der Waals surface area contributed by atoms with Gasteiger partial charge in [-0.2, -0.15) is 11.8 Å². The standard InChI is InChI=1S/C14H25NO3S/c1-9-4-5-10(12(16)8-9)14(2,3)19-7-6-11(15)13(17)18/h9-11H,4-8,15H2,1-3H3,(H,17,18)/t9-,10-,11?/m0/s1. The molecule has 0 aliphatic heterocycles. The lowest BCUT2D eigenvalue weighted by Crippen LogP contribution is -2.39. The summed E-state index contributed by atoms with van der Waals surface area (Å²) in [6, 6.07) is -0.801. The fourth-order valence-electron chi connectivity index (χ4n) is 2.61. The Hall–Kier alpha value is -0.550. The van der Waals surface area contributed by atoms with E-state index in [1.165, 1.54) is 0 Å². The summed E-state index contributed by atoms with van der Waals surface area (Å²) in [4.78, 5) is 22.8. The molecular formula is C14H25NO3S. The SMILES string of the molecule is C[C@H]1CC[C@H](C(C)(C)SCCC(N)C(=O)O)C(=O)C1. The first kappa shape index (κ1) is 16.5. The minimum absolute atomic E-state index is 0.0924. The van der Waals surface area contributed by atoms with Gasteiger partial charge in [0.25, 0.3) is 0 Å². The van der Waals surface area contributed by atoms with E-state index < -0.39 is 12.0 Å². The van der Waals surface area contributed by atoms with Crippen LogP contribution in [0.25, 0.3) is 0 Å². The van der Waals surface area contributed by atoms with Gasteiger partial charge in [-0.1, -0.05) is 6.92 Å². The topological polar surface area (TPSA) is 80.4 Å². The summed E-state index contributed by atoms with van der Waals surface area (Å²) in [7, 11) is 0. The second-order valence-corrected chi connectivity index (χ2v) is 7.84. The normalized spacial score (nSPS) is 26.2. The Morgan fingerprint density at radius 3 is 2.68 bits per heavy atom. The van der Waals surface area contributed by atoms with E-state index in [1.54, 1.807) is 11.8 Å². The van der Waals surface area contributed by atoms with Crippen molar-refractivity contribution in [3.63, 3.8) is 0 Å². The number of aliphatic carboxylic acids is 1. The molecule has 1 aliphatic rings. The zero-order valence-electron chi connectivity index (χ0n) is 12.0. The quantitative estimate of drug-likeness (QED) is 0.783. The van der Waals surface area contributed by atoms with Crippen LogP contribution in [0.1, 0.15) is 46.5 Å². The van der Waals surface area contributed by atoms with Crippen molar-refractivity contribution in [1.29, 1.82) is 0 Å². The molecule has 110 valence electrons. The van der Waals surface area contributed by atoms with Gasteiger partial charge in [0.05, 0.1) is 0 Å². The Labute approximate surface area is 119 Å². The van der Waals surface area contributed by atoms with Crippen LogP contribution in [0.4, 0.5) is 0 Å². The van der Waals surface area contributed by atoms with Crippen molar-refractivity contribution >= 4 is 23.5 Å². The molecule has 0 saturated heterocycles. The maximum absolute atomic E-state index is 12.1. The molecule has 0 aromatic heterocycles. The number of hydrogen-bond acceptors (Lipinski definition) is 4.